The van der Waals surface area contributed by atoms with Crippen molar-refractivity contribution in [2.45, 2.75) is 71.8 Å². The number of hydrogen-bond acceptors (Lipinski definition) is 5. The van der Waals surface area contributed by atoms with Crippen molar-refractivity contribution < 1.29 is 19.1 Å². The van der Waals surface area contributed by atoms with Crippen molar-refractivity contribution in [3.63, 3.8) is 0 Å². The van der Waals surface area contributed by atoms with Crippen LogP contribution in [0.3, 0.4) is 0 Å². The van der Waals surface area contributed by atoms with Crippen molar-refractivity contribution in [1.82, 2.24) is 10.2 Å². The summed E-state index contributed by atoms with van der Waals surface area (Å²) in [4.78, 5) is 38.9. The van der Waals surface area contributed by atoms with Crippen LogP contribution in [0.5, 0.6) is 0 Å². The molecule has 1 aromatic carbocycles. The standard InChI is InChI=1S/C21H34N4O4/c1-14(2)12-16(24-19(28)29-20(3,4)5)17(26)25(21(6,23)18(22)27)13-15-10-8-7-9-11-15/h7-11,14,16H,12-13,23H2,1-6H3,(H2,22,27)(H,24,28)/t16-,21-/m0/s1. The van der Waals surface area contributed by atoms with Gasteiger partial charge in [-0.15, -0.1) is 0 Å². The van der Waals surface area contributed by atoms with Gasteiger partial charge in [-0.3, -0.25) is 9.59 Å². The highest BCUT2D eigenvalue weighted by molar-refractivity contribution is 5.92. The molecule has 29 heavy (non-hydrogen) atoms. The van der Waals surface area contributed by atoms with Gasteiger partial charge in [0.15, 0.2) is 5.66 Å². The van der Waals surface area contributed by atoms with Crippen LogP contribution in [0.2, 0.25) is 0 Å². The highest BCUT2D eigenvalue weighted by atomic mass is 16.6. The molecule has 8 heteroatoms. The summed E-state index contributed by atoms with van der Waals surface area (Å²) in [6.07, 6.45) is -0.368. The molecule has 0 bridgehead atoms. The van der Waals surface area contributed by atoms with Crippen molar-refractivity contribution in [1.29, 1.82) is 0 Å². The lowest BCUT2D eigenvalue weighted by Crippen LogP contribution is -2.66. The zero-order valence-corrected chi connectivity index (χ0v) is 18.2. The first-order valence-corrected chi connectivity index (χ1v) is 9.67. The van der Waals surface area contributed by atoms with Crippen LogP contribution < -0.4 is 16.8 Å². The van der Waals surface area contributed by atoms with Gasteiger partial charge in [-0.1, -0.05) is 44.2 Å². The number of nitrogens with one attached hydrogen (secondary N) is 1. The number of alkyl carbamates (subject to hydrolysis) is 1. The number of benzene rings is 1. The summed E-state index contributed by atoms with van der Waals surface area (Å²) in [6, 6.07) is 8.20. The van der Waals surface area contributed by atoms with E-state index in [9.17, 15) is 14.4 Å². The molecule has 0 unspecified atom stereocenters. The molecule has 0 aliphatic carbocycles. The smallest absolute Gasteiger partial charge is 0.408 e. The highest BCUT2D eigenvalue weighted by Gasteiger charge is 2.40. The molecule has 0 radical (unpaired) electrons. The van der Waals surface area contributed by atoms with E-state index in [2.05, 4.69) is 5.32 Å². The third-order valence-corrected chi connectivity index (χ3v) is 4.21. The van der Waals surface area contributed by atoms with E-state index in [1.807, 2.05) is 44.2 Å². The maximum absolute atomic E-state index is 13.4. The maximum atomic E-state index is 13.4. The quantitative estimate of drug-likeness (QED) is 0.570. The summed E-state index contributed by atoms with van der Waals surface area (Å²) in [6.45, 7) is 10.5. The molecule has 1 aromatic rings. The van der Waals surface area contributed by atoms with Gasteiger partial charge < -0.3 is 26.4 Å². The van der Waals surface area contributed by atoms with E-state index in [0.29, 0.717) is 6.42 Å². The number of primary amides is 1. The number of amides is 3. The van der Waals surface area contributed by atoms with Crippen LogP contribution in [-0.4, -0.2) is 40.1 Å². The molecular formula is C21H34N4O4. The third-order valence-electron chi connectivity index (χ3n) is 4.21. The van der Waals surface area contributed by atoms with Gasteiger partial charge in [-0.05, 0) is 45.6 Å². The number of hydrogen-bond donors (Lipinski definition) is 3. The maximum Gasteiger partial charge on any atom is 0.408 e. The Morgan fingerprint density at radius 1 is 1.10 bits per heavy atom. The number of nitrogens with two attached hydrogens (primary N) is 2. The predicted molar refractivity (Wildman–Crippen MR) is 111 cm³/mol. The van der Waals surface area contributed by atoms with Gasteiger partial charge >= 0.3 is 6.09 Å². The molecular weight excluding hydrogens is 372 g/mol. The Labute approximate surface area is 172 Å². The zero-order valence-electron chi connectivity index (χ0n) is 18.2. The van der Waals surface area contributed by atoms with Gasteiger partial charge in [-0.2, -0.15) is 0 Å². The molecule has 0 aliphatic rings. The van der Waals surface area contributed by atoms with Crippen LogP contribution in [0.25, 0.3) is 0 Å². The molecule has 2 atom stereocenters. The molecule has 0 spiro atoms. The Morgan fingerprint density at radius 2 is 1.66 bits per heavy atom. The van der Waals surface area contributed by atoms with Gasteiger partial charge in [0.1, 0.15) is 11.6 Å². The Balaban J connectivity index is 3.21. The topological polar surface area (TPSA) is 128 Å². The predicted octanol–water partition coefficient (Wildman–Crippen LogP) is 2.11. The Bertz CT molecular complexity index is 711. The van der Waals surface area contributed by atoms with Crippen LogP contribution in [0, 0.1) is 5.92 Å². The number of ether oxygens (including phenoxy) is 1. The fraction of sp³-hybridized carbons (Fsp3) is 0.571. The SMILES string of the molecule is CC(C)C[C@H](NC(=O)OC(C)(C)C)C(=O)N(Cc1ccccc1)[C@](C)(N)C(N)=O. The first-order chi connectivity index (χ1) is 13.2. The summed E-state index contributed by atoms with van der Waals surface area (Å²) in [7, 11) is 0. The minimum atomic E-state index is -1.74. The van der Waals surface area contributed by atoms with E-state index in [1.165, 1.54) is 11.8 Å². The van der Waals surface area contributed by atoms with Gasteiger partial charge in [0, 0.05) is 6.54 Å². The van der Waals surface area contributed by atoms with E-state index in [0.717, 1.165) is 5.56 Å². The van der Waals surface area contributed by atoms with Crippen molar-refractivity contribution in [3.05, 3.63) is 35.9 Å². The second-order valence-corrected chi connectivity index (χ2v) is 8.75. The lowest BCUT2D eigenvalue weighted by Gasteiger charge is -2.38. The van der Waals surface area contributed by atoms with Gasteiger partial charge in [0.25, 0.3) is 5.91 Å². The highest BCUT2D eigenvalue weighted by Crippen LogP contribution is 2.19. The van der Waals surface area contributed by atoms with Crippen molar-refractivity contribution in [2.24, 2.45) is 17.4 Å². The summed E-state index contributed by atoms with van der Waals surface area (Å²) in [5.41, 5.74) is 9.94. The van der Waals surface area contributed by atoms with Gasteiger partial charge in [0.2, 0.25) is 5.91 Å². The number of nitrogens with zero attached hydrogens (tertiary/aromatic N) is 1. The molecule has 5 N–H and O–H groups in total. The Kier molecular flexibility index (Phi) is 8.20. The lowest BCUT2D eigenvalue weighted by atomic mass is 10.00. The fourth-order valence-corrected chi connectivity index (χ4v) is 2.70. The summed E-state index contributed by atoms with van der Waals surface area (Å²) >= 11 is 0. The minimum Gasteiger partial charge on any atom is -0.444 e. The number of rotatable bonds is 8. The summed E-state index contributed by atoms with van der Waals surface area (Å²) < 4.78 is 5.29. The van der Waals surface area contributed by atoms with Crippen LogP contribution in [-0.2, 0) is 20.9 Å². The Hall–Kier alpha value is -2.61. The monoisotopic (exact) mass is 406 g/mol. The molecule has 0 saturated carbocycles. The summed E-state index contributed by atoms with van der Waals surface area (Å²) in [5, 5.41) is 2.62. The van der Waals surface area contributed by atoms with Gasteiger partial charge in [-0.25, -0.2) is 4.79 Å². The summed E-state index contributed by atoms with van der Waals surface area (Å²) in [5.74, 6) is -1.25. The van der Waals surface area contributed by atoms with Crippen LogP contribution in [0.15, 0.2) is 30.3 Å². The lowest BCUT2D eigenvalue weighted by molar-refractivity contribution is -0.148. The van der Waals surface area contributed by atoms with Gasteiger partial charge in [0.05, 0.1) is 0 Å². The van der Waals surface area contributed by atoms with E-state index < -0.39 is 35.2 Å². The first-order valence-electron chi connectivity index (χ1n) is 9.67. The second kappa shape index (κ2) is 9.73. The largest absolute Gasteiger partial charge is 0.444 e. The molecule has 0 aromatic heterocycles. The number of carbonyl (C=O) groups is 3. The van der Waals surface area contributed by atoms with E-state index in [1.54, 1.807) is 20.8 Å². The van der Waals surface area contributed by atoms with Crippen LogP contribution >= 0.6 is 0 Å². The first kappa shape index (κ1) is 24.4. The molecule has 0 aliphatic heterocycles. The zero-order chi connectivity index (χ0) is 22.4. The van der Waals surface area contributed by atoms with E-state index in [-0.39, 0.29) is 12.5 Å². The average molecular weight is 407 g/mol. The van der Waals surface area contributed by atoms with Crippen molar-refractivity contribution >= 4 is 17.9 Å². The fourth-order valence-electron chi connectivity index (χ4n) is 2.70. The van der Waals surface area contributed by atoms with E-state index in [4.69, 9.17) is 16.2 Å². The Morgan fingerprint density at radius 3 is 2.10 bits per heavy atom. The molecule has 0 saturated heterocycles. The number of carbonyl (C=O) groups excluding carboxylic acids is 3. The van der Waals surface area contributed by atoms with Crippen LogP contribution in [0.4, 0.5) is 4.79 Å². The molecule has 0 fully saturated rings. The minimum absolute atomic E-state index is 0.0696. The molecule has 0 heterocycles. The van der Waals surface area contributed by atoms with Crippen molar-refractivity contribution in [3.8, 4) is 0 Å². The van der Waals surface area contributed by atoms with Crippen LogP contribution in [0.1, 0.15) is 53.5 Å². The average Bonchev–Trinajstić information content (AvgIpc) is 2.57. The molecule has 1 rings (SSSR count). The molecule has 8 nitrogen and oxygen atoms in total. The van der Waals surface area contributed by atoms with E-state index >= 15 is 0 Å². The molecule has 3 amide bonds. The normalized spacial score (nSPS) is 14.6. The van der Waals surface area contributed by atoms with Crippen molar-refractivity contribution in [2.75, 3.05) is 0 Å². The molecule has 162 valence electrons. The second-order valence-electron chi connectivity index (χ2n) is 8.75. The third kappa shape index (κ3) is 7.73.